The molecule has 2 saturated heterocycles. The second kappa shape index (κ2) is 11.5. The van der Waals surface area contributed by atoms with E-state index in [4.69, 9.17) is 14.2 Å². The van der Waals surface area contributed by atoms with E-state index in [2.05, 4.69) is 32.3 Å². The molecule has 4 heterocycles. The fraction of sp³-hybridized carbons (Fsp3) is 0.615. The first-order valence-corrected chi connectivity index (χ1v) is 13.2. The summed E-state index contributed by atoms with van der Waals surface area (Å²) in [5.41, 5.74) is 1.41. The summed E-state index contributed by atoms with van der Waals surface area (Å²) >= 11 is 0. The smallest absolute Gasteiger partial charge is 0.252 e. The Bertz CT molecular complexity index is 1200. The fourth-order valence-corrected chi connectivity index (χ4v) is 5.34. The van der Waals surface area contributed by atoms with Crippen molar-refractivity contribution in [2.45, 2.75) is 77.3 Å². The lowest BCUT2D eigenvalue weighted by Crippen LogP contribution is -2.38. The highest BCUT2D eigenvalue weighted by Gasteiger charge is 2.30. The molecule has 2 aromatic heterocycles. The first-order valence-electron chi connectivity index (χ1n) is 13.2. The molecule has 0 radical (unpaired) electrons. The Hall–Kier alpha value is -2.82. The van der Waals surface area contributed by atoms with Crippen LogP contribution in [0.2, 0.25) is 0 Å². The number of rotatable bonds is 11. The molecule has 3 aromatic rings. The van der Waals surface area contributed by atoms with Crippen molar-refractivity contribution in [3.8, 4) is 5.75 Å². The van der Waals surface area contributed by atoms with Crippen molar-refractivity contribution < 1.29 is 14.2 Å². The van der Waals surface area contributed by atoms with Crippen LogP contribution in [0.25, 0.3) is 10.9 Å². The van der Waals surface area contributed by atoms with Crippen molar-refractivity contribution in [1.82, 2.24) is 30.1 Å². The summed E-state index contributed by atoms with van der Waals surface area (Å²) in [5, 5.41) is 13.7. The molecule has 10 nitrogen and oxygen atoms in total. The molecule has 1 aromatic carbocycles. The molecule has 10 heteroatoms. The molecule has 2 aliphatic rings. The lowest BCUT2D eigenvalue weighted by Gasteiger charge is -2.32. The lowest BCUT2D eigenvalue weighted by molar-refractivity contribution is 0.0470. The van der Waals surface area contributed by atoms with Gasteiger partial charge < -0.3 is 19.2 Å². The molecule has 2 aliphatic heterocycles. The summed E-state index contributed by atoms with van der Waals surface area (Å²) in [5.74, 6) is 1.60. The van der Waals surface area contributed by atoms with E-state index < -0.39 is 0 Å². The molecule has 2 fully saturated rings. The summed E-state index contributed by atoms with van der Waals surface area (Å²) in [4.78, 5) is 18.5. The monoisotopic (exact) mass is 496 g/mol. The molecule has 5 rings (SSSR count). The molecule has 1 N–H and O–H groups in total. The number of ether oxygens (including phenoxy) is 3. The maximum absolute atomic E-state index is 13.1. The van der Waals surface area contributed by atoms with Gasteiger partial charge in [-0.2, -0.15) is 0 Å². The average molecular weight is 497 g/mol. The number of fused-ring (bicyclic) bond motifs is 1. The number of pyridine rings is 1. The number of tetrazole rings is 1. The zero-order valence-corrected chi connectivity index (χ0v) is 21.2. The Balaban J connectivity index is 1.45. The minimum Gasteiger partial charge on any atom is -0.494 e. The zero-order valence-electron chi connectivity index (χ0n) is 21.2. The Labute approximate surface area is 210 Å². The van der Waals surface area contributed by atoms with Gasteiger partial charge in [0.25, 0.3) is 5.56 Å². The van der Waals surface area contributed by atoms with E-state index in [9.17, 15) is 4.79 Å². The number of aromatic nitrogens is 5. The van der Waals surface area contributed by atoms with E-state index in [1.807, 2.05) is 35.9 Å². The number of benzene rings is 1. The van der Waals surface area contributed by atoms with Crippen LogP contribution in [0.4, 0.5) is 0 Å². The number of hydrogen-bond acceptors (Lipinski definition) is 8. The number of H-pyrrole nitrogens is 1. The molecular formula is C26H36N6O4. The molecule has 0 aliphatic carbocycles. The maximum Gasteiger partial charge on any atom is 0.252 e. The van der Waals surface area contributed by atoms with E-state index >= 15 is 0 Å². The maximum atomic E-state index is 13.1. The first-order chi connectivity index (χ1) is 17.6. The summed E-state index contributed by atoms with van der Waals surface area (Å²) in [6.07, 6.45) is 5.23. The van der Waals surface area contributed by atoms with Gasteiger partial charge in [0.1, 0.15) is 5.75 Å². The fourth-order valence-electron chi connectivity index (χ4n) is 5.34. The van der Waals surface area contributed by atoms with Crippen molar-refractivity contribution in [2.24, 2.45) is 0 Å². The van der Waals surface area contributed by atoms with Gasteiger partial charge in [-0.3, -0.25) is 9.69 Å². The standard InChI is InChI=1S/C26H36N6O4/c1-3-24(25-28-29-30-32(25)17-22-8-6-12-36-22)31(16-21-7-5-11-35-21)15-19-13-18-14-20(34-4-2)9-10-23(18)27-26(19)33/h9-10,13-14,21-22,24H,3-8,11-12,15-17H2,1-2H3,(H,27,33). The van der Waals surface area contributed by atoms with Crippen LogP contribution in [-0.2, 0) is 22.6 Å². The summed E-state index contributed by atoms with van der Waals surface area (Å²) in [6, 6.07) is 7.66. The third kappa shape index (κ3) is 5.61. The van der Waals surface area contributed by atoms with Crippen LogP contribution in [0.3, 0.4) is 0 Å². The molecular weight excluding hydrogens is 460 g/mol. The van der Waals surface area contributed by atoms with Gasteiger partial charge in [0, 0.05) is 42.8 Å². The number of aromatic amines is 1. The molecule has 3 atom stereocenters. The van der Waals surface area contributed by atoms with Crippen molar-refractivity contribution in [3.63, 3.8) is 0 Å². The van der Waals surface area contributed by atoms with Crippen molar-refractivity contribution in [2.75, 3.05) is 26.4 Å². The van der Waals surface area contributed by atoms with Crippen LogP contribution in [0.5, 0.6) is 5.75 Å². The van der Waals surface area contributed by atoms with Crippen molar-refractivity contribution >= 4 is 10.9 Å². The highest BCUT2D eigenvalue weighted by atomic mass is 16.5. The van der Waals surface area contributed by atoms with Crippen molar-refractivity contribution in [3.05, 3.63) is 46.0 Å². The lowest BCUT2D eigenvalue weighted by atomic mass is 10.1. The van der Waals surface area contributed by atoms with E-state index in [1.54, 1.807) is 0 Å². The largest absolute Gasteiger partial charge is 0.494 e. The molecule has 0 bridgehead atoms. The predicted octanol–water partition coefficient (Wildman–Crippen LogP) is 3.22. The minimum atomic E-state index is -0.0854. The van der Waals surface area contributed by atoms with Gasteiger partial charge >= 0.3 is 0 Å². The van der Waals surface area contributed by atoms with Crippen LogP contribution >= 0.6 is 0 Å². The Morgan fingerprint density at radius 3 is 2.69 bits per heavy atom. The van der Waals surface area contributed by atoms with Gasteiger partial charge in [0.2, 0.25) is 0 Å². The van der Waals surface area contributed by atoms with Crippen LogP contribution < -0.4 is 10.3 Å². The third-order valence-electron chi connectivity index (χ3n) is 7.12. The Morgan fingerprint density at radius 1 is 1.17 bits per heavy atom. The van der Waals surface area contributed by atoms with E-state index in [1.165, 1.54) is 0 Å². The highest BCUT2D eigenvalue weighted by Crippen LogP contribution is 2.28. The minimum absolute atomic E-state index is 0.0598. The van der Waals surface area contributed by atoms with Crippen molar-refractivity contribution in [1.29, 1.82) is 0 Å². The topological polar surface area (TPSA) is 107 Å². The molecule has 0 saturated carbocycles. The highest BCUT2D eigenvalue weighted by molar-refractivity contribution is 5.80. The Morgan fingerprint density at radius 2 is 1.97 bits per heavy atom. The van der Waals surface area contributed by atoms with Crippen LogP contribution in [0.1, 0.15) is 63.4 Å². The second-order valence-corrected chi connectivity index (χ2v) is 9.65. The van der Waals surface area contributed by atoms with E-state index in [-0.39, 0.29) is 23.8 Å². The van der Waals surface area contributed by atoms with Gasteiger partial charge in [0.05, 0.1) is 31.4 Å². The van der Waals surface area contributed by atoms with Gasteiger partial charge in [-0.1, -0.05) is 6.92 Å². The second-order valence-electron chi connectivity index (χ2n) is 9.65. The summed E-state index contributed by atoms with van der Waals surface area (Å²) < 4.78 is 19.4. The first kappa shape index (κ1) is 24.9. The van der Waals surface area contributed by atoms with E-state index in [0.717, 1.165) is 67.8 Å². The van der Waals surface area contributed by atoms with Gasteiger partial charge in [-0.25, -0.2) is 4.68 Å². The van der Waals surface area contributed by atoms with Crippen LogP contribution in [0, 0.1) is 0 Å². The zero-order chi connectivity index (χ0) is 24.9. The normalized spacial score (nSPS) is 21.0. The summed E-state index contributed by atoms with van der Waals surface area (Å²) in [6.45, 7) is 8.08. The molecule has 0 amide bonds. The summed E-state index contributed by atoms with van der Waals surface area (Å²) in [7, 11) is 0. The predicted molar refractivity (Wildman–Crippen MR) is 135 cm³/mol. The van der Waals surface area contributed by atoms with Gasteiger partial charge in [0.15, 0.2) is 5.82 Å². The van der Waals surface area contributed by atoms with Gasteiger partial charge in [-0.05, 0) is 73.7 Å². The van der Waals surface area contributed by atoms with E-state index in [0.29, 0.717) is 31.8 Å². The number of nitrogens with one attached hydrogen (secondary N) is 1. The number of hydrogen-bond donors (Lipinski definition) is 1. The SMILES string of the molecule is CCOc1ccc2[nH]c(=O)c(CN(CC3CCCO3)C(CC)c3nnnn3CC3CCCO3)cc2c1. The molecule has 194 valence electrons. The average Bonchev–Trinajstić information content (AvgIpc) is 3.65. The Kier molecular flexibility index (Phi) is 7.93. The number of nitrogens with zero attached hydrogens (tertiary/aromatic N) is 5. The molecule has 0 spiro atoms. The molecule has 36 heavy (non-hydrogen) atoms. The van der Waals surface area contributed by atoms with Crippen LogP contribution in [0.15, 0.2) is 29.1 Å². The van der Waals surface area contributed by atoms with Crippen LogP contribution in [-0.4, -0.2) is 68.7 Å². The third-order valence-corrected chi connectivity index (χ3v) is 7.12. The quantitative estimate of drug-likeness (QED) is 0.431. The molecule has 3 unspecified atom stereocenters. The van der Waals surface area contributed by atoms with Gasteiger partial charge in [-0.15, -0.1) is 5.10 Å².